The fraction of sp³-hybridized carbons (Fsp3) is 0.188. The van der Waals surface area contributed by atoms with Gasteiger partial charge in [0.25, 0.3) is 0 Å². The highest BCUT2D eigenvalue weighted by Crippen LogP contribution is 2.66. The van der Waals surface area contributed by atoms with Crippen molar-refractivity contribution in [1.29, 1.82) is 0 Å². The van der Waals surface area contributed by atoms with Crippen molar-refractivity contribution in [2.75, 3.05) is 0 Å². The number of amidine groups is 1. The van der Waals surface area contributed by atoms with Crippen LogP contribution in [0.3, 0.4) is 0 Å². The number of rotatable bonds is 5. The van der Waals surface area contributed by atoms with Crippen LogP contribution < -0.4 is 4.72 Å². The van der Waals surface area contributed by atoms with Crippen LogP contribution >= 0.6 is 20.6 Å². The van der Waals surface area contributed by atoms with E-state index in [2.05, 4.69) is 21.3 Å². The maximum Gasteiger partial charge on any atom is 0.146 e. The molecule has 0 bridgehead atoms. The van der Waals surface area contributed by atoms with Gasteiger partial charge in [-0.2, -0.15) is 4.40 Å². The third-order valence-electron chi connectivity index (χ3n) is 3.19. The topological polar surface area (TPSA) is 24.4 Å². The van der Waals surface area contributed by atoms with Gasteiger partial charge in [0.1, 0.15) is 15.7 Å². The Morgan fingerprint density at radius 2 is 1.71 bits per heavy atom. The molecule has 1 N–H and O–H groups in total. The van der Waals surface area contributed by atoms with Crippen molar-refractivity contribution in [3.05, 3.63) is 65.7 Å². The van der Waals surface area contributed by atoms with Crippen molar-refractivity contribution in [2.24, 2.45) is 4.40 Å². The molecule has 2 nitrogen and oxygen atoms in total. The molecule has 1 heterocycles. The molecule has 21 heavy (non-hydrogen) atoms. The van der Waals surface area contributed by atoms with Crippen molar-refractivity contribution in [1.82, 2.24) is 4.72 Å². The lowest BCUT2D eigenvalue weighted by Crippen LogP contribution is -2.32. The Labute approximate surface area is 130 Å². The average molecular weight is 320 g/mol. The van der Waals surface area contributed by atoms with Crippen LogP contribution in [0.15, 0.2) is 63.9 Å². The fourth-order valence-corrected chi connectivity index (χ4v) is 5.30. The number of aryl methyl sites for hydroxylation is 2. The van der Waals surface area contributed by atoms with Crippen LogP contribution in [0.25, 0.3) is 0 Å². The summed E-state index contributed by atoms with van der Waals surface area (Å²) in [6.07, 6.45) is 1.65. The van der Waals surface area contributed by atoms with E-state index in [1.54, 1.807) is 0 Å². The van der Waals surface area contributed by atoms with Crippen LogP contribution in [0.2, 0.25) is 0 Å². The van der Waals surface area contributed by atoms with Crippen LogP contribution in [0, 0.1) is 6.92 Å². The van der Waals surface area contributed by atoms with E-state index in [4.69, 9.17) is 0 Å². The molecule has 0 aromatic heterocycles. The lowest BCUT2D eigenvalue weighted by molar-refractivity contribution is 0.874. The van der Waals surface area contributed by atoms with Gasteiger partial charge < -0.3 is 0 Å². The Balaban J connectivity index is 1.55. The van der Waals surface area contributed by atoms with E-state index in [-0.39, 0.29) is 0 Å². The molecule has 5 heteroatoms. The summed E-state index contributed by atoms with van der Waals surface area (Å²) in [4.78, 5) is 0.913. The zero-order chi connectivity index (χ0) is 14.7. The highest BCUT2D eigenvalue weighted by molar-refractivity contribution is 8.91. The SMILES string of the molecule is Cc1ccc(SS2(F)N=C(CCc3ccccc3)N2)cc1. The molecule has 1 aliphatic heterocycles. The van der Waals surface area contributed by atoms with Gasteiger partial charge in [-0.15, -0.1) is 3.89 Å². The summed E-state index contributed by atoms with van der Waals surface area (Å²) in [7, 11) is -1.42. The number of nitrogens with one attached hydrogen (secondary N) is 1. The van der Waals surface area contributed by atoms with E-state index < -0.39 is 9.82 Å². The van der Waals surface area contributed by atoms with Gasteiger partial charge >= 0.3 is 0 Å². The molecule has 0 amide bonds. The van der Waals surface area contributed by atoms with Crippen LogP contribution in [0.4, 0.5) is 3.89 Å². The zero-order valence-electron chi connectivity index (χ0n) is 11.8. The maximum atomic E-state index is 14.4. The summed E-state index contributed by atoms with van der Waals surface area (Å²) in [6.45, 7) is 2.02. The van der Waals surface area contributed by atoms with Crippen molar-refractivity contribution >= 4 is 26.4 Å². The van der Waals surface area contributed by atoms with E-state index in [1.165, 1.54) is 21.9 Å². The second kappa shape index (κ2) is 6.12. The molecule has 110 valence electrons. The van der Waals surface area contributed by atoms with Gasteiger partial charge in [-0.1, -0.05) is 48.0 Å². The Hall–Kier alpha value is -1.46. The number of halogens is 1. The molecule has 0 aliphatic carbocycles. The van der Waals surface area contributed by atoms with Gasteiger partial charge in [-0.25, -0.2) is 0 Å². The lowest BCUT2D eigenvalue weighted by atomic mass is 10.1. The minimum Gasteiger partial charge on any atom is -0.285 e. The van der Waals surface area contributed by atoms with Crippen molar-refractivity contribution in [3.63, 3.8) is 0 Å². The van der Waals surface area contributed by atoms with Gasteiger partial charge in [0.15, 0.2) is 0 Å². The molecule has 1 atom stereocenters. The summed E-state index contributed by atoms with van der Waals surface area (Å²) in [5, 5.41) is 0. The minimum atomic E-state index is -2.60. The molecule has 3 rings (SSSR count). The molecule has 2 aromatic rings. The standard InChI is InChI=1S/C16H17FN2S2/c1-13-7-10-15(11-8-13)20-21(17)18-16(19-21)12-9-14-5-3-2-4-6-14/h2-8,10-11H,9,12H2,1H3,(H,18,19). The Kier molecular flexibility index (Phi) is 4.22. The highest BCUT2D eigenvalue weighted by atomic mass is 33.2. The molecule has 1 aliphatic rings. The van der Waals surface area contributed by atoms with E-state index >= 15 is 0 Å². The number of nitrogens with zero attached hydrogens (tertiary/aromatic N) is 1. The molecule has 0 fully saturated rings. The summed E-state index contributed by atoms with van der Waals surface area (Å²) < 4.78 is 21.5. The second-order valence-electron chi connectivity index (χ2n) is 4.98. The van der Waals surface area contributed by atoms with Crippen LogP contribution in [-0.2, 0) is 6.42 Å². The van der Waals surface area contributed by atoms with Crippen molar-refractivity contribution in [2.45, 2.75) is 24.7 Å². The van der Waals surface area contributed by atoms with Crippen LogP contribution in [-0.4, -0.2) is 5.84 Å². The summed E-state index contributed by atoms with van der Waals surface area (Å²) in [5.74, 6) is 0.774. The van der Waals surface area contributed by atoms with Crippen molar-refractivity contribution < 1.29 is 3.89 Å². The van der Waals surface area contributed by atoms with Gasteiger partial charge in [0, 0.05) is 11.3 Å². The first-order valence-electron chi connectivity index (χ1n) is 6.82. The summed E-state index contributed by atoms with van der Waals surface area (Å²) >= 11 is 0. The molecule has 1 unspecified atom stereocenters. The van der Waals surface area contributed by atoms with E-state index in [0.717, 1.165) is 23.6 Å². The van der Waals surface area contributed by atoms with Crippen molar-refractivity contribution in [3.8, 4) is 0 Å². The summed E-state index contributed by atoms with van der Waals surface area (Å²) in [6, 6.07) is 18.0. The monoisotopic (exact) mass is 320 g/mol. The first-order chi connectivity index (χ1) is 10.1. The zero-order valence-corrected chi connectivity index (χ0v) is 13.4. The van der Waals surface area contributed by atoms with Gasteiger partial charge in [-0.3, -0.25) is 4.72 Å². The van der Waals surface area contributed by atoms with Gasteiger partial charge in [-0.05, 0) is 41.8 Å². The maximum absolute atomic E-state index is 14.4. The van der Waals surface area contributed by atoms with E-state index in [1.807, 2.05) is 49.4 Å². The van der Waals surface area contributed by atoms with E-state index in [9.17, 15) is 3.89 Å². The smallest absolute Gasteiger partial charge is 0.146 e. The predicted molar refractivity (Wildman–Crippen MR) is 91.1 cm³/mol. The Morgan fingerprint density at radius 1 is 1.05 bits per heavy atom. The highest BCUT2D eigenvalue weighted by Gasteiger charge is 2.34. The lowest BCUT2D eigenvalue weighted by Gasteiger charge is -2.35. The molecule has 0 saturated heterocycles. The first-order valence-corrected chi connectivity index (χ1v) is 9.65. The molecule has 2 aromatic carbocycles. The van der Waals surface area contributed by atoms with Gasteiger partial charge in [0.05, 0.1) is 0 Å². The van der Waals surface area contributed by atoms with Gasteiger partial charge in [0.2, 0.25) is 0 Å². The molecular formula is C16H17FN2S2. The first kappa shape index (κ1) is 14.5. The minimum absolute atomic E-state index is 0.761. The Bertz CT molecular complexity index is 643. The second-order valence-corrected chi connectivity index (χ2v) is 8.75. The van der Waals surface area contributed by atoms with E-state index in [0.29, 0.717) is 0 Å². The predicted octanol–water partition coefficient (Wildman–Crippen LogP) is 5.16. The molecular weight excluding hydrogens is 303 g/mol. The third-order valence-corrected chi connectivity index (χ3v) is 6.53. The third kappa shape index (κ3) is 3.80. The molecule has 0 saturated carbocycles. The average Bonchev–Trinajstić information content (AvgIpc) is 2.46. The number of hydrogen-bond acceptors (Lipinski definition) is 3. The van der Waals surface area contributed by atoms with Crippen LogP contribution in [0.1, 0.15) is 17.5 Å². The largest absolute Gasteiger partial charge is 0.285 e. The normalized spacial score (nSPS) is 23.4. The Morgan fingerprint density at radius 3 is 2.38 bits per heavy atom. The number of benzene rings is 2. The van der Waals surface area contributed by atoms with Crippen LogP contribution in [0.5, 0.6) is 0 Å². The number of hydrogen-bond donors (Lipinski definition) is 1. The fourth-order valence-electron chi connectivity index (χ4n) is 2.05. The summed E-state index contributed by atoms with van der Waals surface area (Å²) in [5.41, 5.74) is 2.43. The quantitative estimate of drug-likeness (QED) is 0.770. The molecule has 0 spiro atoms. The molecule has 0 radical (unpaired) electrons.